The lowest BCUT2D eigenvalue weighted by atomic mass is 10.0. The lowest BCUT2D eigenvalue weighted by Gasteiger charge is -2.13. The Morgan fingerprint density at radius 3 is 2.50 bits per heavy atom. The Morgan fingerprint density at radius 1 is 1.14 bits per heavy atom. The molecular formula is C18H20FN3. The van der Waals surface area contributed by atoms with Crippen LogP contribution in [0, 0.1) is 33.5 Å². The largest absolute Gasteiger partial charge is 0.378 e. The maximum Gasteiger partial charge on any atom is 0.160 e. The summed E-state index contributed by atoms with van der Waals surface area (Å²) in [7, 11) is 0. The minimum absolute atomic E-state index is 0.267. The Hall–Kier alpha value is -2.36. The zero-order valence-electron chi connectivity index (χ0n) is 13.4. The van der Waals surface area contributed by atoms with E-state index in [9.17, 15) is 4.39 Å². The fraction of sp³-hybridized carbons (Fsp3) is 0.278. The molecule has 0 saturated carbocycles. The number of nitrogens with one attached hydrogen (secondary N) is 1. The second-order valence-corrected chi connectivity index (χ2v) is 5.77. The van der Waals surface area contributed by atoms with E-state index < -0.39 is 0 Å². The minimum atomic E-state index is -0.267. The Balaban J connectivity index is 1.99. The molecule has 114 valence electrons. The third kappa shape index (κ3) is 2.45. The van der Waals surface area contributed by atoms with Crippen molar-refractivity contribution in [1.82, 2.24) is 9.38 Å². The van der Waals surface area contributed by atoms with Gasteiger partial charge in [0.2, 0.25) is 0 Å². The molecule has 0 amide bonds. The van der Waals surface area contributed by atoms with Gasteiger partial charge in [0.25, 0.3) is 0 Å². The molecule has 22 heavy (non-hydrogen) atoms. The van der Waals surface area contributed by atoms with Crippen LogP contribution in [0.2, 0.25) is 0 Å². The van der Waals surface area contributed by atoms with Gasteiger partial charge in [-0.3, -0.25) is 4.40 Å². The molecule has 0 aliphatic carbocycles. The molecule has 0 aliphatic heterocycles. The molecule has 2 aromatic heterocycles. The molecule has 0 atom stereocenters. The number of pyridine rings is 1. The van der Waals surface area contributed by atoms with Crippen LogP contribution in [0.15, 0.2) is 30.5 Å². The van der Waals surface area contributed by atoms with Crippen LogP contribution in [-0.2, 0) is 6.54 Å². The molecule has 0 bridgehead atoms. The van der Waals surface area contributed by atoms with Gasteiger partial charge in [-0.2, -0.15) is 0 Å². The number of rotatable bonds is 3. The highest BCUT2D eigenvalue weighted by Gasteiger charge is 2.11. The zero-order chi connectivity index (χ0) is 15.9. The van der Waals surface area contributed by atoms with Crippen molar-refractivity contribution in [2.45, 2.75) is 34.2 Å². The molecule has 0 spiro atoms. The number of fused-ring (bicyclic) bond motifs is 1. The van der Waals surface area contributed by atoms with Gasteiger partial charge >= 0.3 is 0 Å². The molecule has 4 heteroatoms. The molecule has 3 aromatic rings. The van der Waals surface area contributed by atoms with Gasteiger partial charge in [0.05, 0.1) is 11.4 Å². The molecule has 0 aliphatic rings. The number of halogens is 1. The van der Waals surface area contributed by atoms with Crippen LogP contribution >= 0.6 is 0 Å². The van der Waals surface area contributed by atoms with Crippen molar-refractivity contribution in [3.63, 3.8) is 0 Å². The van der Waals surface area contributed by atoms with Crippen LogP contribution in [0.3, 0.4) is 0 Å². The summed E-state index contributed by atoms with van der Waals surface area (Å²) in [6.07, 6.45) is 1.48. The Bertz CT molecular complexity index is 829. The van der Waals surface area contributed by atoms with E-state index in [4.69, 9.17) is 0 Å². The van der Waals surface area contributed by atoms with Crippen molar-refractivity contribution >= 4 is 11.3 Å². The van der Waals surface area contributed by atoms with E-state index in [-0.39, 0.29) is 5.82 Å². The van der Waals surface area contributed by atoms with Gasteiger partial charge in [0.15, 0.2) is 5.65 Å². The molecule has 3 rings (SSSR count). The standard InChI is InChI=1S/C18H20FN3/c1-11-6-5-7-12(2)16(11)9-20-17-8-15(19)10-22-14(4)13(3)21-18(17)22/h5-8,10,20H,9H2,1-4H3. The number of benzene rings is 1. The van der Waals surface area contributed by atoms with Crippen molar-refractivity contribution in [1.29, 1.82) is 0 Å². The first-order chi connectivity index (χ1) is 10.5. The number of aryl methyl sites for hydroxylation is 4. The molecule has 0 unspecified atom stereocenters. The van der Waals surface area contributed by atoms with Crippen LogP contribution < -0.4 is 5.32 Å². The van der Waals surface area contributed by atoms with Crippen LogP contribution in [0.4, 0.5) is 10.1 Å². The van der Waals surface area contributed by atoms with Crippen LogP contribution in [0.5, 0.6) is 0 Å². The molecule has 1 N–H and O–H groups in total. The smallest absolute Gasteiger partial charge is 0.160 e. The van der Waals surface area contributed by atoms with E-state index >= 15 is 0 Å². The summed E-state index contributed by atoms with van der Waals surface area (Å²) in [5, 5.41) is 3.34. The fourth-order valence-corrected chi connectivity index (χ4v) is 2.78. The molecule has 1 aromatic carbocycles. The zero-order valence-corrected chi connectivity index (χ0v) is 13.4. The first-order valence-electron chi connectivity index (χ1n) is 7.41. The van der Waals surface area contributed by atoms with Gasteiger partial charge in [-0.25, -0.2) is 9.37 Å². The molecule has 0 saturated heterocycles. The average molecular weight is 297 g/mol. The van der Waals surface area contributed by atoms with Crippen LogP contribution in [-0.4, -0.2) is 9.38 Å². The van der Waals surface area contributed by atoms with Gasteiger partial charge in [0, 0.05) is 24.5 Å². The monoisotopic (exact) mass is 297 g/mol. The number of aromatic nitrogens is 2. The maximum absolute atomic E-state index is 13.9. The summed E-state index contributed by atoms with van der Waals surface area (Å²) < 4.78 is 15.7. The first kappa shape index (κ1) is 14.6. The van der Waals surface area contributed by atoms with Crippen molar-refractivity contribution in [3.05, 3.63) is 64.4 Å². The highest BCUT2D eigenvalue weighted by atomic mass is 19.1. The van der Waals surface area contributed by atoms with Gasteiger partial charge in [-0.05, 0) is 44.4 Å². The minimum Gasteiger partial charge on any atom is -0.378 e. The lowest BCUT2D eigenvalue weighted by Crippen LogP contribution is -2.05. The van der Waals surface area contributed by atoms with E-state index in [1.54, 1.807) is 4.40 Å². The number of imidazole rings is 1. The van der Waals surface area contributed by atoms with E-state index in [1.165, 1.54) is 29.0 Å². The summed E-state index contributed by atoms with van der Waals surface area (Å²) in [6, 6.07) is 7.74. The predicted molar refractivity (Wildman–Crippen MR) is 87.9 cm³/mol. The molecule has 3 nitrogen and oxygen atoms in total. The number of hydrogen-bond donors (Lipinski definition) is 1. The normalized spacial score (nSPS) is 11.1. The number of nitrogens with zero attached hydrogens (tertiary/aromatic N) is 2. The topological polar surface area (TPSA) is 29.3 Å². The highest BCUT2D eigenvalue weighted by Crippen LogP contribution is 2.23. The Kier molecular flexibility index (Phi) is 3.61. The number of hydrogen-bond acceptors (Lipinski definition) is 2. The maximum atomic E-state index is 13.9. The third-order valence-corrected chi connectivity index (χ3v) is 4.26. The third-order valence-electron chi connectivity index (χ3n) is 4.26. The number of anilines is 1. The van der Waals surface area contributed by atoms with Crippen molar-refractivity contribution in [2.75, 3.05) is 5.32 Å². The SMILES string of the molecule is Cc1cccc(C)c1CNc1cc(F)cn2c(C)c(C)nc12. The predicted octanol–water partition coefficient (Wildman–Crippen LogP) is 4.32. The van der Waals surface area contributed by atoms with Gasteiger partial charge in [-0.1, -0.05) is 18.2 Å². The fourth-order valence-electron chi connectivity index (χ4n) is 2.78. The summed E-state index contributed by atoms with van der Waals surface area (Å²) in [5.74, 6) is -0.267. The summed E-state index contributed by atoms with van der Waals surface area (Å²) >= 11 is 0. The van der Waals surface area contributed by atoms with Gasteiger partial charge in [0.1, 0.15) is 5.82 Å². The summed E-state index contributed by atoms with van der Waals surface area (Å²) in [5.41, 5.74) is 7.07. The summed E-state index contributed by atoms with van der Waals surface area (Å²) in [4.78, 5) is 4.54. The summed E-state index contributed by atoms with van der Waals surface area (Å²) in [6.45, 7) is 8.73. The van der Waals surface area contributed by atoms with E-state index in [0.717, 1.165) is 22.7 Å². The van der Waals surface area contributed by atoms with E-state index in [2.05, 4.69) is 42.3 Å². The molecular weight excluding hydrogens is 277 g/mol. The molecule has 0 radical (unpaired) electrons. The van der Waals surface area contributed by atoms with Crippen molar-refractivity contribution in [3.8, 4) is 0 Å². The van der Waals surface area contributed by atoms with Crippen molar-refractivity contribution < 1.29 is 4.39 Å². The quantitative estimate of drug-likeness (QED) is 0.780. The molecule has 0 fully saturated rings. The van der Waals surface area contributed by atoms with Crippen LogP contribution in [0.25, 0.3) is 5.65 Å². The van der Waals surface area contributed by atoms with E-state index in [1.807, 2.05) is 13.8 Å². The average Bonchev–Trinajstić information content (AvgIpc) is 2.74. The first-order valence-corrected chi connectivity index (χ1v) is 7.41. The van der Waals surface area contributed by atoms with Crippen LogP contribution in [0.1, 0.15) is 28.1 Å². The van der Waals surface area contributed by atoms with Gasteiger partial charge < -0.3 is 5.32 Å². The second kappa shape index (κ2) is 5.44. The van der Waals surface area contributed by atoms with E-state index in [0.29, 0.717) is 6.54 Å². The Labute approximate surface area is 129 Å². The molecule has 2 heterocycles. The van der Waals surface area contributed by atoms with Crippen molar-refractivity contribution in [2.24, 2.45) is 0 Å². The Morgan fingerprint density at radius 2 is 1.82 bits per heavy atom. The highest BCUT2D eigenvalue weighted by molar-refractivity contribution is 5.69. The van der Waals surface area contributed by atoms with Gasteiger partial charge in [-0.15, -0.1) is 0 Å². The lowest BCUT2D eigenvalue weighted by molar-refractivity contribution is 0.619. The second-order valence-electron chi connectivity index (χ2n) is 5.77.